The minimum absolute atomic E-state index is 0. The number of amides is 1. The van der Waals surface area contributed by atoms with Gasteiger partial charge in [-0.2, -0.15) is 0 Å². The van der Waals surface area contributed by atoms with Crippen molar-refractivity contribution in [2.24, 2.45) is 10.9 Å². The van der Waals surface area contributed by atoms with Crippen molar-refractivity contribution in [3.05, 3.63) is 0 Å². The Bertz CT molecular complexity index is 542. The maximum atomic E-state index is 12.4. The van der Waals surface area contributed by atoms with Crippen LogP contribution in [0.2, 0.25) is 0 Å². The molecule has 182 valence electrons. The first-order valence-corrected chi connectivity index (χ1v) is 11.6. The van der Waals surface area contributed by atoms with Crippen LogP contribution in [0.4, 0.5) is 4.79 Å². The lowest BCUT2D eigenvalue weighted by molar-refractivity contribution is 0.0253. The summed E-state index contributed by atoms with van der Waals surface area (Å²) < 4.78 is 11.0. The maximum absolute atomic E-state index is 12.4. The molecule has 2 aliphatic rings. The molecule has 0 aliphatic carbocycles. The number of rotatable bonds is 8. The van der Waals surface area contributed by atoms with Crippen molar-refractivity contribution in [2.75, 3.05) is 59.5 Å². The van der Waals surface area contributed by atoms with Gasteiger partial charge in [-0.05, 0) is 52.4 Å². The number of ether oxygens (including phenoxy) is 2. The van der Waals surface area contributed by atoms with E-state index in [4.69, 9.17) is 9.47 Å². The summed E-state index contributed by atoms with van der Waals surface area (Å²) in [5.74, 6) is 1.51. The second-order valence-electron chi connectivity index (χ2n) is 9.42. The molecule has 0 bridgehead atoms. The molecule has 2 heterocycles. The van der Waals surface area contributed by atoms with Crippen LogP contribution in [0.1, 0.15) is 53.4 Å². The highest BCUT2D eigenvalue weighted by Gasteiger charge is 2.25. The molecule has 0 saturated carbocycles. The molecule has 2 rings (SSSR count). The Balaban J connectivity index is 0.00000480. The van der Waals surface area contributed by atoms with Gasteiger partial charge < -0.3 is 29.9 Å². The van der Waals surface area contributed by atoms with E-state index < -0.39 is 5.60 Å². The van der Waals surface area contributed by atoms with E-state index >= 15 is 0 Å². The molecule has 2 aliphatic heterocycles. The summed E-state index contributed by atoms with van der Waals surface area (Å²) >= 11 is 0. The van der Waals surface area contributed by atoms with Crippen LogP contribution in [0.3, 0.4) is 0 Å². The van der Waals surface area contributed by atoms with E-state index in [2.05, 4.69) is 27.4 Å². The van der Waals surface area contributed by atoms with E-state index in [1.165, 1.54) is 6.42 Å². The van der Waals surface area contributed by atoms with Crippen molar-refractivity contribution in [1.82, 2.24) is 20.4 Å². The number of nitrogens with one attached hydrogen (secondary N) is 2. The topological polar surface area (TPSA) is 78.4 Å². The number of nitrogens with zero attached hydrogens (tertiary/aromatic N) is 3. The van der Waals surface area contributed by atoms with Gasteiger partial charge >= 0.3 is 6.09 Å². The van der Waals surface area contributed by atoms with E-state index in [-0.39, 0.29) is 30.1 Å². The van der Waals surface area contributed by atoms with Crippen LogP contribution >= 0.6 is 24.0 Å². The summed E-state index contributed by atoms with van der Waals surface area (Å²) in [6.07, 6.45) is 4.08. The molecule has 0 radical (unpaired) electrons. The monoisotopic (exact) mass is 553 g/mol. The number of hydrogen-bond donors (Lipinski definition) is 2. The second kappa shape index (κ2) is 14.4. The van der Waals surface area contributed by atoms with Gasteiger partial charge in [0.25, 0.3) is 0 Å². The highest BCUT2D eigenvalue weighted by molar-refractivity contribution is 14.0. The average Bonchev–Trinajstić information content (AvgIpc) is 3.19. The van der Waals surface area contributed by atoms with Gasteiger partial charge in [-0.1, -0.05) is 6.92 Å². The van der Waals surface area contributed by atoms with Crippen molar-refractivity contribution in [3.63, 3.8) is 0 Å². The molecule has 2 saturated heterocycles. The Morgan fingerprint density at radius 3 is 2.48 bits per heavy atom. The van der Waals surface area contributed by atoms with E-state index in [0.717, 1.165) is 58.1 Å². The van der Waals surface area contributed by atoms with Gasteiger partial charge in [0.1, 0.15) is 5.60 Å². The van der Waals surface area contributed by atoms with Crippen LogP contribution < -0.4 is 10.6 Å². The molecule has 31 heavy (non-hydrogen) atoms. The maximum Gasteiger partial charge on any atom is 0.410 e. The molecule has 1 amide bonds. The number of halogens is 1. The molecule has 8 nitrogen and oxygen atoms in total. The molecule has 1 atom stereocenters. The standard InChI is InChI=1S/C22H43N5O3.HI/c1-6-11-27(21(28)30-22(2,3)4)14-10-24-20(23-5)25-19-7-12-26(13-8-19)16-18-9-15-29-17-18;/h18-19H,6-17H2,1-5H3,(H2,23,24,25);1H. The summed E-state index contributed by atoms with van der Waals surface area (Å²) in [7, 11) is 1.79. The van der Waals surface area contributed by atoms with Crippen molar-refractivity contribution in [1.29, 1.82) is 0 Å². The predicted octanol–water partition coefficient (Wildman–Crippen LogP) is 2.92. The molecule has 9 heteroatoms. The van der Waals surface area contributed by atoms with Crippen LogP contribution in [0.5, 0.6) is 0 Å². The van der Waals surface area contributed by atoms with Gasteiger partial charge in [-0.3, -0.25) is 4.99 Å². The number of aliphatic imine (C=N–C) groups is 1. The minimum Gasteiger partial charge on any atom is -0.444 e. The summed E-state index contributed by atoms with van der Waals surface area (Å²) in [4.78, 5) is 21.1. The molecule has 0 aromatic carbocycles. The highest BCUT2D eigenvalue weighted by atomic mass is 127. The predicted molar refractivity (Wildman–Crippen MR) is 136 cm³/mol. The lowest BCUT2D eigenvalue weighted by Gasteiger charge is -2.34. The fourth-order valence-electron chi connectivity index (χ4n) is 3.94. The number of hydrogen-bond acceptors (Lipinski definition) is 5. The molecule has 1 unspecified atom stereocenters. The number of guanidine groups is 1. The number of carbonyl (C=O) groups is 1. The molecular formula is C22H44IN5O3. The molecule has 0 aromatic heterocycles. The number of carbonyl (C=O) groups excluding carboxylic acids is 1. The van der Waals surface area contributed by atoms with Gasteiger partial charge in [-0.15, -0.1) is 24.0 Å². The van der Waals surface area contributed by atoms with E-state index in [1.807, 2.05) is 20.8 Å². The Labute approximate surface area is 205 Å². The van der Waals surface area contributed by atoms with Gasteiger partial charge in [0.15, 0.2) is 5.96 Å². The van der Waals surface area contributed by atoms with E-state index in [0.29, 0.717) is 31.6 Å². The summed E-state index contributed by atoms with van der Waals surface area (Å²) in [5.41, 5.74) is -0.478. The number of piperidine rings is 1. The van der Waals surface area contributed by atoms with Gasteiger partial charge in [0, 0.05) is 59.0 Å². The largest absolute Gasteiger partial charge is 0.444 e. The fourth-order valence-corrected chi connectivity index (χ4v) is 3.94. The Morgan fingerprint density at radius 1 is 1.23 bits per heavy atom. The highest BCUT2D eigenvalue weighted by Crippen LogP contribution is 2.17. The summed E-state index contributed by atoms with van der Waals surface area (Å²) in [6, 6.07) is 0.435. The van der Waals surface area contributed by atoms with Crippen molar-refractivity contribution in [2.45, 2.75) is 65.0 Å². The first-order valence-electron chi connectivity index (χ1n) is 11.6. The normalized spacial score (nSPS) is 20.8. The number of likely N-dealkylation sites (tertiary alicyclic amines) is 1. The second-order valence-corrected chi connectivity index (χ2v) is 9.42. The van der Waals surface area contributed by atoms with Crippen LogP contribution in [0.25, 0.3) is 0 Å². The third-order valence-electron chi connectivity index (χ3n) is 5.51. The van der Waals surface area contributed by atoms with Crippen LogP contribution in [-0.2, 0) is 9.47 Å². The SMILES string of the molecule is CCCN(CCNC(=NC)NC1CCN(CC2CCOC2)CC1)C(=O)OC(C)(C)C.I. The van der Waals surface area contributed by atoms with Gasteiger partial charge in [0.2, 0.25) is 0 Å². The van der Waals surface area contributed by atoms with Crippen molar-refractivity contribution < 1.29 is 14.3 Å². The fraction of sp³-hybridized carbons (Fsp3) is 0.909. The third-order valence-corrected chi connectivity index (χ3v) is 5.51. The lowest BCUT2D eigenvalue weighted by Crippen LogP contribution is -2.50. The third kappa shape index (κ3) is 11.1. The van der Waals surface area contributed by atoms with Crippen LogP contribution in [0, 0.1) is 5.92 Å². The van der Waals surface area contributed by atoms with Gasteiger partial charge in [0.05, 0.1) is 6.61 Å². The van der Waals surface area contributed by atoms with Crippen molar-refractivity contribution in [3.8, 4) is 0 Å². The average molecular weight is 554 g/mol. The summed E-state index contributed by atoms with van der Waals surface area (Å²) in [5, 5.41) is 6.90. The Hall–Kier alpha value is -0.810. The van der Waals surface area contributed by atoms with E-state index in [9.17, 15) is 4.79 Å². The molecule has 0 spiro atoms. The smallest absolute Gasteiger partial charge is 0.410 e. The zero-order chi connectivity index (χ0) is 22.0. The molecule has 2 fully saturated rings. The molecule has 0 aromatic rings. The van der Waals surface area contributed by atoms with E-state index in [1.54, 1.807) is 11.9 Å². The molecule has 2 N–H and O–H groups in total. The quantitative estimate of drug-likeness (QED) is 0.274. The van der Waals surface area contributed by atoms with Crippen molar-refractivity contribution >= 4 is 36.0 Å². The Morgan fingerprint density at radius 2 is 1.94 bits per heavy atom. The first-order chi connectivity index (χ1) is 14.3. The lowest BCUT2D eigenvalue weighted by atomic mass is 10.0. The summed E-state index contributed by atoms with van der Waals surface area (Å²) in [6.45, 7) is 14.9. The van der Waals surface area contributed by atoms with Crippen LogP contribution in [0.15, 0.2) is 4.99 Å². The zero-order valence-electron chi connectivity index (χ0n) is 20.1. The van der Waals surface area contributed by atoms with Crippen LogP contribution in [-0.4, -0.2) is 93.0 Å². The zero-order valence-corrected chi connectivity index (χ0v) is 22.4. The first kappa shape index (κ1) is 28.2. The minimum atomic E-state index is -0.478. The van der Waals surface area contributed by atoms with Gasteiger partial charge in [-0.25, -0.2) is 4.79 Å². The molecular weight excluding hydrogens is 509 g/mol. The Kier molecular flexibility index (Phi) is 13.1.